The molecule has 0 fully saturated rings. The van der Waals surface area contributed by atoms with Crippen LogP contribution >= 0.6 is 0 Å². The highest BCUT2D eigenvalue weighted by atomic mass is 16.3. The summed E-state index contributed by atoms with van der Waals surface area (Å²) in [5.41, 5.74) is 2.03. The molecule has 0 aromatic heterocycles. The van der Waals surface area contributed by atoms with Gasteiger partial charge in [-0.2, -0.15) is 0 Å². The fourth-order valence-corrected chi connectivity index (χ4v) is 2.03. The van der Waals surface area contributed by atoms with Gasteiger partial charge in [-0.3, -0.25) is 0 Å². The van der Waals surface area contributed by atoms with Gasteiger partial charge in [-0.05, 0) is 37.8 Å². The number of nitrogens with one attached hydrogen (secondary N) is 1. The maximum Gasteiger partial charge on any atom is 0.0766 e. The highest BCUT2D eigenvalue weighted by Crippen LogP contribution is 2.19. The first-order chi connectivity index (χ1) is 8.02. The van der Waals surface area contributed by atoms with E-state index < -0.39 is 5.60 Å². The van der Waals surface area contributed by atoms with Crippen LogP contribution in [0.3, 0.4) is 0 Å². The summed E-state index contributed by atoms with van der Waals surface area (Å²) in [6, 6.07) is 8.66. The molecule has 0 saturated heterocycles. The fourth-order valence-electron chi connectivity index (χ4n) is 2.03. The van der Waals surface area contributed by atoms with Crippen LogP contribution in [-0.4, -0.2) is 17.3 Å². The molecule has 0 radical (unpaired) electrons. The molecule has 96 valence electrons. The lowest BCUT2D eigenvalue weighted by Crippen LogP contribution is -2.40. The lowest BCUT2D eigenvalue weighted by molar-refractivity contribution is 0.0303. The molecule has 1 rings (SSSR count). The van der Waals surface area contributed by atoms with Gasteiger partial charge in [0.2, 0.25) is 0 Å². The van der Waals surface area contributed by atoms with Gasteiger partial charge >= 0.3 is 0 Å². The van der Waals surface area contributed by atoms with Gasteiger partial charge in [-0.1, -0.05) is 38.1 Å². The van der Waals surface area contributed by atoms with E-state index in [2.05, 4.69) is 43.4 Å². The summed E-state index contributed by atoms with van der Waals surface area (Å²) in [5.74, 6) is 0. The minimum atomic E-state index is -0.572. The Kier molecular flexibility index (Phi) is 5.16. The molecule has 2 nitrogen and oxygen atoms in total. The van der Waals surface area contributed by atoms with Gasteiger partial charge < -0.3 is 10.4 Å². The Morgan fingerprint density at radius 2 is 1.82 bits per heavy atom. The van der Waals surface area contributed by atoms with E-state index in [1.807, 2.05) is 13.8 Å². The topological polar surface area (TPSA) is 32.3 Å². The third kappa shape index (κ3) is 3.83. The largest absolute Gasteiger partial charge is 0.389 e. The number of rotatable bonds is 6. The summed E-state index contributed by atoms with van der Waals surface area (Å²) in [6.45, 7) is 8.98. The molecule has 1 atom stereocenters. The van der Waals surface area contributed by atoms with Gasteiger partial charge in [0, 0.05) is 12.6 Å². The zero-order valence-corrected chi connectivity index (χ0v) is 11.5. The van der Waals surface area contributed by atoms with Crippen molar-refractivity contribution in [1.29, 1.82) is 0 Å². The first-order valence-electron chi connectivity index (χ1n) is 6.53. The molecular weight excluding hydrogens is 210 g/mol. The monoisotopic (exact) mass is 235 g/mol. The number of hydrogen-bond acceptors (Lipinski definition) is 2. The summed E-state index contributed by atoms with van der Waals surface area (Å²) >= 11 is 0. The number of hydrogen-bond donors (Lipinski definition) is 2. The van der Waals surface area contributed by atoms with Crippen LogP contribution in [0.15, 0.2) is 24.3 Å². The lowest BCUT2D eigenvalue weighted by Gasteiger charge is -2.28. The molecule has 0 aliphatic carbocycles. The van der Waals surface area contributed by atoms with Crippen molar-refractivity contribution in [3.63, 3.8) is 0 Å². The van der Waals surface area contributed by atoms with E-state index in [4.69, 9.17) is 0 Å². The molecule has 1 aromatic carbocycles. The highest BCUT2D eigenvalue weighted by molar-refractivity contribution is 5.28. The van der Waals surface area contributed by atoms with Crippen LogP contribution in [0.25, 0.3) is 0 Å². The van der Waals surface area contributed by atoms with Crippen molar-refractivity contribution >= 4 is 0 Å². The Bertz CT molecular complexity index is 345. The first kappa shape index (κ1) is 14.2. The Morgan fingerprint density at radius 1 is 1.24 bits per heavy atom. The van der Waals surface area contributed by atoms with E-state index >= 15 is 0 Å². The van der Waals surface area contributed by atoms with Crippen LogP contribution < -0.4 is 5.32 Å². The average molecular weight is 235 g/mol. The Hall–Kier alpha value is -0.860. The van der Waals surface area contributed by atoms with Crippen molar-refractivity contribution in [3.8, 4) is 0 Å². The molecule has 0 aliphatic rings. The summed E-state index contributed by atoms with van der Waals surface area (Å²) in [7, 11) is 0. The van der Waals surface area contributed by atoms with Crippen LogP contribution in [0.1, 0.15) is 50.8 Å². The number of aryl methyl sites for hydroxylation is 1. The molecule has 0 amide bonds. The number of benzene rings is 1. The molecule has 2 N–H and O–H groups in total. The van der Waals surface area contributed by atoms with Crippen LogP contribution in [-0.2, 0) is 0 Å². The predicted octanol–water partition coefficient (Wildman–Crippen LogP) is 3.20. The maximum absolute atomic E-state index is 10.2. The molecule has 0 bridgehead atoms. The zero-order chi connectivity index (χ0) is 12.9. The third-order valence-corrected chi connectivity index (χ3v) is 3.71. The molecular formula is C15H25NO. The van der Waals surface area contributed by atoms with Crippen LogP contribution in [0.2, 0.25) is 0 Å². The van der Waals surface area contributed by atoms with Crippen LogP contribution in [0, 0.1) is 6.92 Å². The Labute approximate surface area is 105 Å². The van der Waals surface area contributed by atoms with E-state index in [1.54, 1.807) is 0 Å². The summed E-state index contributed by atoms with van der Waals surface area (Å²) in [4.78, 5) is 0. The Balaban J connectivity index is 2.62. The highest BCUT2D eigenvalue weighted by Gasteiger charge is 2.22. The summed E-state index contributed by atoms with van der Waals surface area (Å²) in [6.07, 6.45) is 1.58. The smallest absolute Gasteiger partial charge is 0.0766 e. The standard InChI is InChI=1S/C15H25NO/c1-5-15(17,6-2)11-16-13(4)14-10-8-7-9-12(14)3/h7-10,13,16-17H,5-6,11H2,1-4H3/t13-/m1/s1. The van der Waals surface area contributed by atoms with Crippen molar-refractivity contribution in [2.45, 2.75) is 52.2 Å². The van der Waals surface area contributed by atoms with Crippen molar-refractivity contribution in [3.05, 3.63) is 35.4 Å². The second kappa shape index (κ2) is 6.18. The Morgan fingerprint density at radius 3 is 2.35 bits per heavy atom. The van der Waals surface area contributed by atoms with Gasteiger partial charge in [0.1, 0.15) is 0 Å². The van der Waals surface area contributed by atoms with Gasteiger partial charge in [0.25, 0.3) is 0 Å². The van der Waals surface area contributed by atoms with Gasteiger partial charge in [-0.25, -0.2) is 0 Å². The molecule has 0 saturated carbocycles. The van der Waals surface area contributed by atoms with Crippen LogP contribution in [0.5, 0.6) is 0 Å². The van der Waals surface area contributed by atoms with E-state index in [0.717, 1.165) is 12.8 Å². The van der Waals surface area contributed by atoms with E-state index in [9.17, 15) is 5.11 Å². The molecule has 0 heterocycles. The quantitative estimate of drug-likeness (QED) is 0.793. The third-order valence-electron chi connectivity index (χ3n) is 3.71. The fraction of sp³-hybridized carbons (Fsp3) is 0.600. The van der Waals surface area contributed by atoms with Gasteiger partial charge in [0.05, 0.1) is 5.60 Å². The summed E-state index contributed by atoms with van der Waals surface area (Å²) < 4.78 is 0. The minimum Gasteiger partial charge on any atom is -0.389 e. The zero-order valence-electron chi connectivity index (χ0n) is 11.5. The lowest BCUT2D eigenvalue weighted by atomic mass is 9.96. The SMILES string of the molecule is CCC(O)(CC)CN[C@H](C)c1ccccc1C. The molecule has 0 unspecified atom stereocenters. The molecule has 0 spiro atoms. The summed E-state index contributed by atoms with van der Waals surface area (Å²) in [5, 5.41) is 13.7. The van der Waals surface area contributed by atoms with Crippen LogP contribution in [0.4, 0.5) is 0 Å². The van der Waals surface area contributed by atoms with Gasteiger partial charge in [-0.15, -0.1) is 0 Å². The molecule has 1 aromatic rings. The second-order valence-corrected chi connectivity index (χ2v) is 4.89. The van der Waals surface area contributed by atoms with Crippen molar-refractivity contribution in [1.82, 2.24) is 5.32 Å². The van der Waals surface area contributed by atoms with Crippen molar-refractivity contribution < 1.29 is 5.11 Å². The second-order valence-electron chi connectivity index (χ2n) is 4.89. The molecule has 2 heteroatoms. The van der Waals surface area contributed by atoms with Crippen molar-refractivity contribution in [2.24, 2.45) is 0 Å². The van der Waals surface area contributed by atoms with Gasteiger partial charge in [0.15, 0.2) is 0 Å². The first-order valence-corrected chi connectivity index (χ1v) is 6.53. The minimum absolute atomic E-state index is 0.279. The molecule has 0 aliphatic heterocycles. The average Bonchev–Trinajstić information content (AvgIpc) is 2.36. The maximum atomic E-state index is 10.2. The van der Waals surface area contributed by atoms with E-state index in [0.29, 0.717) is 6.54 Å². The van der Waals surface area contributed by atoms with E-state index in [-0.39, 0.29) is 6.04 Å². The number of aliphatic hydroxyl groups is 1. The predicted molar refractivity (Wildman–Crippen MR) is 73.1 cm³/mol. The normalized spacial score (nSPS) is 13.7. The van der Waals surface area contributed by atoms with Crippen molar-refractivity contribution in [2.75, 3.05) is 6.54 Å². The molecule has 17 heavy (non-hydrogen) atoms. The van der Waals surface area contributed by atoms with E-state index in [1.165, 1.54) is 11.1 Å².